The van der Waals surface area contributed by atoms with Crippen LogP contribution in [0.25, 0.3) is 11.4 Å². The minimum absolute atomic E-state index is 0.0982. The average Bonchev–Trinajstić information content (AvgIpc) is 2.92. The van der Waals surface area contributed by atoms with Crippen LogP contribution in [0.15, 0.2) is 42.6 Å². The maximum Gasteiger partial charge on any atom is 0.416 e. The lowest BCUT2D eigenvalue weighted by molar-refractivity contribution is -0.137. The highest BCUT2D eigenvalue weighted by Gasteiger charge is 2.40. The largest absolute Gasteiger partial charge is 0.489 e. The lowest BCUT2D eigenvalue weighted by Crippen LogP contribution is -2.56. The molecule has 3 aromatic rings. The number of aliphatic hydroxyl groups excluding tert-OH is 2. The van der Waals surface area contributed by atoms with Crippen molar-refractivity contribution in [3.8, 4) is 17.1 Å². The van der Waals surface area contributed by atoms with Crippen LogP contribution in [-0.4, -0.2) is 69.6 Å². The number of nitrogens with one attached hydrogen (secondary N) is 1. The second kappa shape index (κ2) is 10.7. The van der Waals surface area contributed by atoms with Crippen LogP contribution in [0.1, 0.15) is 24.1 Å². The Balaban J connectivity index is 1.45. The van der Waals surface area contributed by atoms with Gasteiger partial charge in [-0.3, -0.25) is 10.2 Å². The second-order valence-corrected chi connectivity index (χ2v) is 9.45. The molecule has 2 aliphatic rings. The van der Waals surface area contributed by atoms with Crippen LogP contribution in [0.5, 0.6) is 5.75 Å². The van der Waals surface area contributed by atoms with Crippen LogP contribution >= 0.6 is 0 Å². The van der Waals surface area contributed by atoms with Crippen molar-refractivity contribution in [2.45, 2.75) is 38.1 Å². The van der Waals surface area contributed by atoms with Gasteiger partial charge in [0.25, 0.3) is 0 Å². The molecular formula is C26H27F3N6O4. The van der Waals surface area contributed by atoms with Crippen molar-refractivity contribution in [1.82, 2.24) is 15.0 Å². The molecule has 2 aliphatic heterocycles. The van der Waals surface area contributed by atoms with Gasteiger partial charge in [0.05, 0.1) is 30.1 Å². The van der Waals surface area contributed by atoms with E-state index in [-0.39, 0.29) is 29.9 Å². The molecule has 1 fully saturated rings. The second-order valence-electron chi connectivity index (χ2n) is 9.45. The zero-order valence-electron chi connectivity index (χ0n) is 21.0. The molecule has 5 rings (SSSR count). The first-order valence-electron chi connectivity index (χ1n) is 12.4. The van der Waals surface area contributed by atoms with Crippen molar-refractivity contribution in [2.24, 2.45) is 0 Å². The molecule has 2 amide bonds. The van der Waals surface area contributed by atoms with Crippen molar-refractivity contribution in [2.75, 3.05) is 41.4 Å². The summed E-state index contributed by atoms with van der Waals surface area (Å²) in [5.41, 5.74) is 0.634. The molecule has 1 aromatic carbocycles. The molecule has 0 aliphatic carbocycles. The number of halogens is 3. The summed E-state index contributed by atoms with van der Waals surface area (Å²) in [6, 6.07) is 7.24. The summed E-state index contributed by atoms with van der Waals surface area (Å²) in [4.78, 5) is 30.5. The summed E-state index contributed by atoms with van der Waals surface area (Å²) in [5, 5.41) is 21.1. The number of anilines is 3. The van der Waals surface area contributed by atoms with E-state index in [2.05, 4.69) is 25.2 Å². The lowest BCUT2D eigenvalue weighted by Gasteiger charge is -2.46. The number of pyridine rings is 1. The Bertz CT molecular complexity index is 1350. The van der Waals surface area contributed by atoms with E-state index in [1.807, 2.05) is 0 Å². The van der Waals surface area contributed by atoms with Gasteiger partial charge in [0, 0.05) is 18.7 Å². The Morgan fingerprint density at radius 2 is 2.08 bits per heavy atom. The molecule has 2 bridgehead atoms. The highest BCUT2D eigenvalue weighted by atomic mass is 19.4. The van der Waals surface area contributed by atoms with Gasteiger partial charge in [-0.25, -0.2) is 19.7 Å². The number of aliphatic hydroxyl groups is 2. The third-order valence-corrected chi connectivity index (χ3v) is 6.64. The Kier molecular flexibility index (Phi) is 7.28. The number of alkyl halides is 3. The maximum absolute atomic E-state index is 13.6. The molecule has 0 radical (unpaired) electrons. The van der Waals surface area contributed by atoms with Gasteiger partial charge < -0.3 is 19.8 Å². The number of aromatic nitrogens is 3. The summed E-state index contributed by atoms with van der Waals surface area (Å²) in [6.45, 7) is 2.56. The van der Waals surface area contributed by atoms with Gasteiger partial charge in [-0.05, 0) is 44.0 Å². The van der Waals surface area contributed by atoms with Gasteiger partial charge in [0.2, 0.25) is 0 Å². The van der Waals surface area contributed by atoms with Crippen molar-refractivity contribution in [3.05, 3.63) is 53.9 Å². The number of carbonyl (C=O) groups is 1. The number of nitrogens with zero attached hydrogens (tertiary/aromatic N) is 5. The molecule has 10 nitrogen and oxygen atoms in total. The van der Waals surface area contributed by atoms with E-state index in [0.717, 1.165) is 31.5 Å². The minimum Gasteiger partial charge on any atom is -0.489 e. The first-order chi connectivity index (χ1) is 18.6. The van der Waals surface area contributed by atoms with Gasteiger partial charge in [-0.2, -0.15) is 13.2 Å². The minimum atomic E-state index is -4.51. The predicted molar refractivity (Wildman–Crippen MR) is 137 cm³/mol. The first-order valence-corrected chi connectivity index (χ1v) is 12.4. The van der Waals surface area contributed by atoms with Gasteiger partial charge in [0.15, 0.2) is 11.6 Å². The van der Waals surface area contributed by atoms with Crippen LogP contribution in [-0.2, 0) is 6.18 Å². The molecule has 2 aromatic heterocycles. The van der Waals surface area contributed by atoms with E-state index in [1.54, 1.807) is 17.9 Å². The number of aryl methyl sites for hydroxylation is 1. The molecule has 0 saturated carbocycles. The normalized spacial score (nSPS) is 17.4. The number of fused-ring (bicyclic) bond motifs is 4. The smallest absolute Gasteiger partial charge is 0.416 e. The van der Waals surface area contributed by atoms with Crippen LogP contribution in [0, 0.1) is 6.92 Å². The van der Waals surface area contributed by atoms with Gasteiger partial charge in [-0.15, -0.1) is 0 Å². The Labute approximate surface area is 222 Å². The van der Waals surface area contributed by atoms with Gasteiger partial charge in [0.1, 0.15) is 30.0 Å². The molecule has 13 heteroatoms. The Morgan fingerprint density at radius 1 is 1.26 bits per heavy atom. The molecule has 4 heterocycles. The summed E-state index contributed by atoms with van der Waals surface area (Å²) in [5.74, 6) is 1.03. The number of rotatable bonds is 6. The van der Waals surface area contributed by atoms with E-state index >= 15 is 0 Å². The number of amides is 2. The van der Waals surface area contributed by atoms with Crippen molar-refractivity contribution in [1.29, 1.82) is 0 Å². The number of benzene rings is 1. The number of hydrogen-bond acceptors (Lipinski definition) is 8. The lowest BCUT2D eigenvalue weighted by atomic mass is 9.99. The zero-order valence-corrected chi connectivity index (χ0v) is 21.0. The van der Waals surface area contributed by atoms with Crippen LogP contribution in [0.2, 0.25) is 0 Å². The summed E-state index contributed by atoms with van der Waals surface area (Å²) < 4.78 is 45.4. The Morgan fingerprint density at radius 3 is 2.79 bits per heavy atom. The van der Waals surface area contributed by atoms with Crippen molar-refractivity contribution >= 4 is 23.4 Å². The van der Waals surface area contributed by atoms with E-state index in [0.29, 0.717) is 29.5 Å². The van der Waals surface area contributed by atoms with E-state index in [4.69, 9.17) is 9.84 Å². The Hall–Kier alpha value is -3.97. The number of carbonyl (C=O) groups excluding carboxylic acids is 1. The number of hydrogen-bond donors (Lipinski definition) is 3. The molecule has 2 atom stereocenters. The molecule has 39 heavy (non-hydrogen) atoms. The quantitative estimate of drug-likeness (QED) is 0.430. The monoisotopic (exact) mass is 544 g/mol. The van der Waals surface area contributed by atoms with Gasteiger partial charge in [-0.1, -0.05) is 12.1 Å². The third kappa shape index (κ3) is 5.59. The van der Waals surface area contributed by atoms with E-state index in [1.165, 1.54) is 24.4 Å². The molecule has 1 unspecified atom stereocenters. The molecule has 1 saturated heterocycles. The van der Waals surface area contributed by atoms with Crippen LogP contribution in [0.3, 0.4) is 0 Å². The number of urea groups is 1. The van der Waals surface area contributed by atoms with Crippen LogP contribution < -0.4 is 19.9 Å². The fourth-order valence-corrected chi connectivity index (χ4v) is 4.81. The highest BCUT2D eigenvalue weighted by Crippen LogP contribution is 2.41. The summed E-state index contributed by atoms with van der Waals surface area (Å²) in [7, 11) is 0. The molecular weight excluding hydrogens is 517 g/mol. The van der Waals surface area contributed by atoms with Crippen molar-refractivity contribution in [3.63, 3.8) is 0 Å². The first kappa shape index (κ1) is 26.6. The van der Waals surface area contributed by atoms with E-state index in [9.17, 15) is 23.1 Å². The van der Waals surface area contributed by atoms with Crippen LogP contribution in [0.4, 0.5) is 35.3 Å². The maximum atomic E-state index is 13.6. The SMILES string of the molecule is Cc1nc(-c2cccc(C(F)(F)F)c2)nc2c1N1CCC[C@@H](C1)N2C(=O)Nc1ccc(OCC(O)CO)cn1. The topological polar surface area (TPSA) is 124 Å². The number of piperidine rings is 1. The summed E-state index contributed by atoms with van der Waals surface area (Å²) >= 11 is 0. The zero-order chi connectivity index (χ0) is 27.7. The van der Waals surface area contributed by atoms with Gasteiger partial charge >= 0.3 is 12.2 Å². The highest BCUT2D eigenvalue weighted by molar-refractivity contribution is 6.04. The average molecular weight is 545 g/mol. The fraction of sp³-hybridized carbons (Fsp3) is 0.385. The third-order valence-electron chi connectivity index (χ3n) is 6.64. The van der Waals surface area contributed by atoms with E-state index < -0.39 is 30.5 Å². The standard InChI is InChI=1S/C26H27F3N6O4/c1-15-22-24(33-23(31-15)16-4-2-5-17(10-16)26(27,28)29)35(18-6-3-9-34(22)12-18)25(38)32-21-8-7-20(11-30-21)39-14-19(37)13-36/h2,4-5,7-8,10-11,18-19,36-37H,3,6,9,12-14H2,1H3,(H,30,32,38)/t18-,19?/m0/s1. The predicted octanol–water partition coefficient (Wildman–Crippen LogP) is 3.62. The summed E-state index contributed by atoms with van der Waals surface area (Å²) in [6.07, 6.45) is -2.57. The van der Waals surface area contributed by atoms with Crippen molar-refractivity contribution < 1.29 is 32.9 Å². The fourth-order valence-electron chi connectivity index (χ4n) is 4.81. The molecule has 3 N–H and O–H groups in total. The molecule has 0 spiro atoms. The molecule has 206 valence electrons. The number of ether oxygens (including phenoxy) is 1.